The van der Waals surface area contributed by atoms with E-state index >= 15 is 0 Å². The summed E-state index contributed by atoms with van der Waals surface area (Å²) >= 11 is 0. The average molecular weight is 454 g/mol. The molecule has 3 rings (SSSR count). The molecule has 0 spiro atoms. The van der Waals surface area contributed by atoms with E-state index in [1.807, 2.05) is 36.4 Å². The first kappa shape index (κ1) is 24.3. The molecule has 0 fully saturated rings. The summed E-state index contributed by atoms with van der Waals surface area (Å²) in [5.41, 5.74) is 4.53. The number of carbonyl (C=O) groups excluding carboxylic acids is 2. The van der Waals surface area contributed by atoms with Gasteiger partial charge >= 0.3 is 12.1 Å². The summed E-state index contributed by atoms with van der Waals surface area (Å²) in [5.74, 6) is -2.26. The first-order valence-corrected chi connectivity index (χ1v) is 11.0. The Morgan fingerprint density at radius 2 is 1.52 bits per heavy atom. The van der Waals surface area contributed by atoms with Gasteiger partial charge < -0.3 is 25.4 Å². The number of ether oxygens (including phenoxy) is 1. The quantitative estimate of drug-likeness (QED) is 0.539. The van der Waals surface area contributed by atoms with Crippen LogP contribution in [-0.4, -0.2) is 67.3 Å². The van der Waals surface area contributed by atoms with Crippen LogP contribution in [0.4, 0.5) is 4.79 Å². The monoisotopic (exact) mass is 453 g/mol. The molecule has 33 heavy (non-hydrogen) atoms. The number of amides is 2. The number of benzene rings is 2. The molecule has 0 radical (unpaired) electrons. The van der Waals surface area contributed by atoms with E-state index in [4.69, 9.17) is 4.74 Å². The summed E-state index contributed by atoms with van der Waals surface area (Å²) in [4.78, 5) is 38.1. The summed E-state index contributed by atoms with van der Waals surface area (Å²) in [7, 11) is 3.46. The number of hydrogen-bond acceptors (Lipinski definition) is 5. The topological polar surface area (TPSA) is 108 Å². The largest absolute Gasteiger partial charge is 0.480 e. The van der Waals surface area contributed by atoms with Crippen molar-refractivity contribution in [3.8, 4) is 11.1 Å². The minimum atomic E-state index is -1.11. The third-order valence-corrected chi connectivity index (χ3v) is 6.02. The predicted octanol–water partition coefficient (Wildman–Crippen LogP) is 2.68. The molecule has 0 bridgehead atoms. The molecular weight excluding hydrogens is 422 g/mol. The molecule has 0 aliphatic heterocycles. The lowest BCUT2D eigenvalue weighted by molar-refractivity contribution is -0.142. The number of fused-ring (bicyclic) bond motifs is 3. The molecule has 0 saturated carbocycles. The van der Waals surface area contributed by atoms with Crippen LogP contribution in [0.1, 0.15) is 30.9 Å². The highest BCUT2D eigenvalue weighted by molar-refractivity contribution is 5.85. The van der Waals surface area contributed by atoms with Gasteiger partial charge in [-0.2, -0.15) is 0 Å². The van der Waals surface area contributed by atoms with Crippen LogP contribution >= 0.6 is 0 Å². The summed E-state index contributed by atoms with van der Waals surface area (Å²) in [6, 6.07) is 14.6. The second kappa shape index (κ2) is 10.5. The zero-order chi connectivity index (χ0) is 24.1. The minimum absolute atomic E-state index is 0.0541. The Morgan fingerprint density at radius 3 is 2.03 bits per heavy atom. The van der Waals surface area contributed by atoms with Crippen molar-refractivity contribution in [2.75, 3.05) is 27.2 Å². The van der Waals surface area contributed by atoms with Crippen molar-refractivity contribution >= 4 is 18.0 Å². The molecule has 3 N–H and O–H groups in total. The molecule has 1 aliphatic carbocycles. The van der Waals surface area contributed by atoms with E-state index in [1.165, 1.54) is 0 Å². The number of carboxylic acid groups (broad SMARTS) is 1. The van der Waals surface area contributed by atoms with Crippen LogP contribution in [0, 0.1) is 5.92 Å². The molecule has 2 aromatic carbocycles. The molecule has 8 nitrogen and oxygen atoms in total. The van der Waals surface area contributed by atoms with Gasteiger partial charge in [0.15, 0.2) is 0 Å². The molecule has 0 heterocycles. The molecule has 3 atom stereocenters. The van der Waals surface area contributed by atoms with E-state index in [-0.39, 0.29) is 19.1 Å². The number of aliphatic carboxylic acids is 1. The second-order valence-corrected chi connectivity index (χ2v) is 8.71. The van der Waals surface area contributed by atoms with Crippen molar-refractivity contribution < 1.29 is 24.2 Å². The lowest BCUT2D eigenvalue weighted by Crippen LogP contribution is -2.51. The van der Waals surface area contributed by atoms with Crippen LogP contribution in [0.5, 0.6) is 0 Å². The van der Waals surface area contributed by atoms with Crippen molar-refractivity contribution in [3.05, 3.63) is 59.7 Å². The molecule has 176 valence electrons. The van der Waals surface area contributed by atoms with E-state index in [0.29, 0.717) is 0 Å². The van der Waals surface area contributed by atoms with Gasteiger partial charge in [0.05, 0.1) is 5.92 Å². The van der Waals surface area contributed by atoms with Gasteiger partial charge in [0.1, 0.15) is 12.6 Å². The number of hydrogen-bond donors (Lipinski definition) is 3. The van der Waals surface area contributed by atoms with Crippen molar-refractivity contribution in [1.29, 1.82) is 0 Å². The van der Waals surface area contributed by atoms with Crippen LogP contribution in [0.25, 0.3) is 11.1 Å². The predicted molar refractivity (Wildman–Crippen MR) is 125 cm³/mol. The first-order valence-electron chi connectivity index (χ1n) is 11.0. The number of rotatable bonds is 9. The average Bonchev–Trinajstić information content (AvgIpc) is 3.10. The van der Waals surface area contributed by atoms with Crippen LogP contribution in [0.15, 0.2) is 48.5 Å². The Hall–Kier alpha value is -3.39. The molecule has 2 amide bonds. The van der Waals surface area contributed by atoms with E-state index in [9.17, 15) is 19.5 Å². The van der Waals surface area contributed by atoms with Gasteiger partial charge in [-0.1, -0.05) is 55.5 Å². The summed E-state index contributed by atoms with van der Waals surface area (Å²) in [6.07, 6.45) is -0.618. The fourth-order valence-electron chi connectivity index (χ4n) is 4.03. The Labute approximate surface area is 193 Å². The molecule has 2 aromatic rings. The van der Waals surface area contributed by atoms with Gasteiger partial charge in [0, 0.05) is 18.5 Å². The van der Waals surface area contributed by atoms with Crippen molar-refractivity contribution in [1.82, 2.24) is 15.5 Å². The summed E-state index contributed by atoms with van der Waals surface area (Å²) < 4.78 is 5.53. The number of carboxylic acids is 1. The fourth-order valence-corrected chi connectivity index (χ4v) is 4.03. The van der Waals surface area contributed by atoms with Crippen molar-refractivity contribution in [2.45, 2.75) is 31.8 Å². The first-order chi connectivity index (χ1) is 15.7. The number of likely N-dealkylation sites (N-methyl/N-ethyl adjacent to an activating group) is 1. The van der Waals surface area contributed by atoms with E-state index in [2.05, 4.69) is 22.8 Å². The standard InChI is InChI=1S/C25H31N3O5/c1-15(23(29)27-22(24(30)31)13-28(3)4)16(2)26-25(32)33-14-21-19-11-7-5-9-17(19)18-10-6-8-12-20(18)21/h5-12,15-16,21-22H,13-14H2,1-4H3,(H,26,32)(H,27,29)(H,30,31). The fraction of sp³-hybridized carbons (Fsp3) is 0.400. The Balaban J connectivity index is 1.56. The van der Waals surface area contributed by atoms with Crippen molar-refractivity contribution in [2.24, 2.45) is 5.92 Å². The third kappa shape index (κ3) is 5.70. The van der Waals surface area contributed by atoms with E-state index < -0.39 is 36.0 Å². The summed E-state index contributed by atoms with van der Waals surface area (Å²) in [5, 5.41) is 14.5. The molecule has 3 unspecified atom stereocenters. The lowest BCUT2D eigenvalue weighted by Gasteiger charge is -2.24. The Morgan fingerprint density at radius 1 is 0.970 bits per heavy atom. The second-order valence-electron chi connectivity index (χ2n) is 8.71. The normalized spacial score (nSPS) is 15.2. The van der Waals surface area contributed by atoms with Gasteiger partial charge in [0.2, 0.25) is 5.91 Å². The minimum Gasteiger partial charge on any atom is -0.480 e. The number of nitrogens with one attached hydrogen (secondary N) is 2. The van der Waals surface area contributed by atoms with E-state index in [1.54, 1.807) is 32.8 Å². The maximum absolute atomic E-state index is 12.5. The maximum Gasteiger partial charge on any atom is 0.407 e. The zero-order valence-corrected chi connectivity index (χ0v) is 19.4. The van der Waals surface area contributed by atoms with Gasteiger partial charge in [-0.05, 0) is 43.3 Å². The maximum atomic E-state index is 12.5. The molecule has 1 aliphatic rings. The Kier molecular flexibility index (Phi) is 7.71. The smallest absolute Gasteiger partial charge is 0.407 e. The molecule has 0 saturated heterocycles. The molecular formula is C25H31N3O5. The highest BCUT2D eigenvalue weighted by atomic mass is 16.5. The third-order valence-electron chi connectivity index (χ3n) is 6.02. The number of nitrogens with zero attached hydrogens (tertiary/aromatic N) is 1. The van der Waals surface area contributed by atoms with Crippen LogP contribution in [-0.2, 0) is 14.3 Å². The van der Waals surface area contributed by atoms with Gasteiger partial charge in [0.25, 0.3) is 0 Å². The lowest BCUT2D eigenvalue weighted by atomic mass is 9.98. The number of alkyl carbamates (subject to hydrolysis) is 1. The number of carbonyl (C=O) groups is 3. The molecule has 0 aromatic heterocycles. The van der Waals surface area contributed by atoms with Crippen LogP contribution in [0.3, 0.4) is 0 Å². The zero-order valence-electron chi connectivity index (χ0n) is 19.4. The summed E-state index contributed by atoms with van der Waals surface area (Å²) in [6.45, 7) is 3.67. The molecule has 8 heteroatoms. The SMILES string of the molecule is CC(NC(=O)OCC1c2ccccc2-c2ccccc21)C(C)C(=O)NC(CN(C)C)C(=O)O. The van der Waals surface area contributed by atoms with Gasteiger partial charge in [-0.3, -0.25) is 4.79 Å². The highest BCUT2D eigenvalue weighted by Gasteiger charge is 2.30. The van der Waals surface area contributed by atoms with Gasteiger partial charge in [-0.25, -0.2) is 9.59 Å². The van der Waals surface area contributed by atoms with Crippen LogP contribution < -0.4 is 10.6 Å². The van der Waals surface area contributed by atoms with Crippen molar-refractivity contribution in [3.63, 3.8) is 0 Å². The Bertz CT molecular complexity index is 977. The van der Waals surface area contributed by atoms with E-state index in [0.717, 1.165) is 22.3 Å². The van der Waals surface area contributed by atoms with Gasteiger partial charge in [-0.15, -0.1) is 0 Å². The van der Waals surface area contributed by atoms with Crippen LogP contribution in [0.2, 0.25) is 0 Å². The highest BCUT2D eigenvalue weighted by Crippen LogP contribution is 2.44.